The van der Waals surface area contributed by atoms with Crippen LogP contribution in [0, 0.1) is 5.92 Å². The van der Waals surface area contributed by atoms with Gasteiger partial charge in [0.15, 0.2) is 0 Å². The van der Waals surface area contributed by atoms with Gasteiger partial charge in [0.05, 0.1) is 12.6 Å². The number of rotatable bonds is 5. The van der Waals surface area contributed by atoms with E-state index in [1.807, 2.05) is 24.3 Å². The number of carbonyl (C=O) groups is 1. The topological polar surface area (TPSA) is 84.6 Å². The van der Waals surface area contributed by atoms with Crippen molar-refractivity contribution in [1.29, 1.82) is 0 Å². The van der Waals surface area contributed by atoms with Crippen LogP contribution in [-0.4, -0.2) is 30.3 Å². The summed E-state index contributed by atoms with van der Waals surface area (Å²) in [5.74, 6) is 0.0822. The first-order valence-electron chi connectivity index (χ1n) is 7.00. The van der Waals surface area contributed by atoms with Crippen molar-refractivity contribution in [2.75, 3.05) is 13.2 Å². The maximum Gasteiger partial charge on any atom is 0.237 e. The fourth-order valence-electron chi connectivity index (χ4n) is 2.43. The van der Waals surface area contributed by atoms with Crippen LogP contribution < -0.4 is 11.1 Å². The minimum atomic E-state index is -0.472. The van der Waals surface area contributed by atoms with E-state index in [1.54, 1.807) is 0 Å². The maximum absolute atomic E-state index is 12.0. The summed E-state index contributed by atoms with van der Waals surface area (Å²) in [5, 5.41) is 11.9. The molecule has 5 nitrogen and oxygen atoms in total. The van der Waals surface area contributed by atoms with Gasteiger partial charge in [-0.2, -0.15) is 0 Å². The van der Waals surface area contributed by atoms with E-state index >= 15 is 0 Å². The average molecular weight is 278 g/mol. The van der Waals surface area contributed by atoms with E-state index in [-0.39, 0.29) is 18.4 Å². The minimum absolute atomic E-state index is 0.00335. The van der Waals surface area contributed by atoms with Gasteiger partial charge in [0, 0.05) is 19.8 Å². The molecule has 1 unspecified atom stereocenters. The first-order valence-corrected chi connectivity index (χ1v) is 7.00. The number of benzene rings is 1. The lowest BCUT2D eigenvalue weighted by Crippen LogP contribution is -2.46. The predicted molar refractivity (Wildman–Crippen MR) is 75.7 cm³/mol. The number of aliphatic hydroxyl groups excluding tert-OH is 1. The third-order valence-electron chi connectivity index (χ3n) is 3.72. The van der Waals surface area contributed by atoms with E-state index in [0.717, 1.165) is 24.0 Å². The van der Waals surface area contributed by atoms with Gasteiger partial charge in [-0.15, -0.1) is 0 Å². The van der Waals surface area contributed by atoms with Gasteiger partial charge in [-0.25, -0.2) is 0 Å². The quantitative estimate of drug-likeness (QED) is 0.734. The van der Waals surface area contributed by atoms with Gasteiger partial charge in [0.25, 0.3) is 0 Å². The van der Waals surface area contributed by atoms with Gasteiger partial charge in [-0.1, -0.05) is 24.3 Å². The summed E-state index contributed by atoms with van der Waals surface area (Å²) in [6, 6.07) is 7.03. The van der Waals surface area contributed by atoms with E-state index in [2.05, 4.69) is 5.32 Å². The summed E-state index contributed by atoms with van der Waals surface area (Å²) in [7, 11) is 0. The fraction of sp³-hybridized carbons (Fsp3) is 0.533. The van der Waals surface area contributed by atoms with Crippen molar-refractivity contribution >= 4 is 5.91 Å². The number of ether oxygens (including phenoxy) is 1. The third-order valence-corrected chi connectivity index (χ3v) is 3.72. The highest BCUT2D eigenvalue weighted by molar-refractivity contribution is 5.81. The van der Waals surface area contributed by atoms with Crippen LogP contribution in [0.5, 0.6) is 0 Å². The number of nitrogens with one attached hydrogen (secondary N) is 1. The van der Waals surface area contributed by atoms with Crippen molar-refractivity contribution in [3.05, 3.63) is 35.4 Å². The molecule has 0 bridgehead atoms. The predicted octanol–water partition coefficient (Wildman–Crippen LogP) is 0.549. The molecule has 4 N–H and O–H groups in total. The molecule has 0 radical (unpaired) electrons. The van der Waals surface area contributed by atoms with Crippen LogP contribution in [0.25, 0.3) is 0 Å². The molecular weight excluding hydrogens is 256 g/mol. The van der Waals surface area contributed by atoms with Gasteiger partial charge in [-0.05, 0) is 29.9 Å². The lowest BCUT2D eigenvalue weighted by molar-refractivity contribution is -0.124. The fourth-order valence-corrected chi connectivity index (χ4v) is 2.43. The highest BCUT2D eigenvalue weighted by atomic mass is 16.5. The Kier molecular flexibility index (Phi) is 5.52. The summed E-state index contributed by atoms with van der Waals surface area (Å²) in [5.41, 5.74) is 7.81. The van der Waals surface area contributed by atoms with Crippen molar-refractivity contribution in [3.8, 4) is 0 Å². The normalized spacial score (nSPS) is 17.7. The van der Waals surface area contributed by atoms with Crippen molar-refractivity contribution < 1.29 is 14.6 Å². The van der Waals surface area contributed by atoms with Crippen LogP contribution in [0.1, 0.15) is 24.0 Å². The van der Waals surface area contributed by atoms with Crippen LogP contribution in [0.15, 0.2) is 24.3 Å². The van der Waals surface area contributed by atoms with Gasteiger partial charge >= 0.3 is 0 Å². The molecule has 1 aromatic carbocycles. The van der Waals surface area contributed by atoms with E-state index in [9.17, 15) is 4.79 Å². The number of nitrogens with two attached hydrogens (primary N) is 1. The molecule has 1 saturated heterocycles. The van der Waals surface area contributed by atoms with Crippen LogP contribution in [0.2, 0.25) is 0 Å². The molecule has 1 atom stereocenters. The van der Waals surface area contributed by atoms with Crippen LogP contribution in [0.4, 0.5) is 0 Å². The first-order chi connectivity index (χ1) is 9.70. The molecule has 2 rings (SSSR count). The lowest BCUT2D eigenvalue weighted by Gasteiger charge is -2.26. The SMILES string of the molecule is NC(C(=O)NCc1cccc(CO)c1)C1CCOCC1. The summed E-state index contributed by atoms with van der Waals surface area (Å²) >= 11 is 0. The molecule has 0 aromatic heterocycles. The third kappa shape index (κ3) is 4.03. The maximum atomic E-state index is 12.0. The monoisotopic (exact) mass is 278 g/mol. The Morgan fingerprint density at radius 1 is 1.40 bits per heavy atom. The van der Waals surface area contributed by atoms with Crippen molar-refractivity contribution in [2.24, 2.45) is 11.7 Å². The van der Waals surface area contributed by atoms with Gasteiger partial charge in [-0.3, -0.25) is 4.79 Å². The second-order valence-electron chi connectivity index (χ2n) is 5.17. The molecular formula is C15H22N2O3. The zero-order chi connectivity index (χ0) is 14.4. The molecule has 0 saturated carbocycles. The van der Waals surface area contributed by atoms with Crippen LogP contribution in [0.3, 0.4) is 0 Å². The number of aliphatic hydroxyl groups is 1. The Morgan fingerprint density at radius 2 is 2.10 bits per heavy atom. The zero-order valence-corrected chi connectivity index (χ0v) is 11.5. The highest BCUT2D eigenvalue weighted by Gasteiger charge is 2.26. The number of hydrogen-bond donors (Lipinski definition) is 3. The second kappa shape index (κ2) is 7.38. The highest BCUT2D eigenvalue weighted by Crippen LogP contribution is 2.17. The summed E-state index contributed by atoms with van der Waals surface area (Å²) < 4.78 is 5.27. The van der Waals surface area contributed by atoms with Crippen molar-refractivity contribution in [3.63, 3.8) is 0 Å². The van der Waals surface area contributed by atoms with Crippen LogP contribution in [-0.2, 0) is 22.7 Å². The average Bonchev–Trinajstić information content (AvgIpc) is 2.53. The van der Waals surface area contributed by atoms with E-state index in [1.165, 1.54) is 0 Å². The minimum Gasteiger partial charge on any atom is -0.392 e. The Labute approximate surface area is 119 Å². The molecule has 1 aromatic rings. The summed E-state index contributed by atoms with van der Waals surface area (Å²) in [4.78, 5) is 12.0. The van der Waals surface area contributed by atoms with E-state index in [0.29, 0.717) is 19.8 Å². The largest absolute Gasteiger partial charge is 0.392 e. The van der Waals surface area contributed by atoms with Gasteiger partial charge in [0.1, 0.15) is 0 Å². The zero-order valence-electron chi connectivity index (χ0n) is 11.5. The summed E-state index contributed by atoms with van der Waals surface area (Å²) in [6.45, 7) is 1.81. The molecule has 1 fully saturated rings. The molecule has 0 aliphatic carbocycles. The molecule has 1 aliphatic heterocycles. The molecule has 1 heterocycles. The Bertz CT molecular complexity index is 444. The smallest absolute Gasteiger partial charge is 0.237 e. The Balaban J connectivity index is 1.84. The van der Waals surface area contributed by atoms with E-state index < -0.39 is 6.04 Å². The first kappa shape index (κ1) is 15.0. The molecule has 5 heteroatoms. The summed E-state index contributed by atoms with van der Waals surface area (Å²) in [6.07, 6.45) is 1.68. The number of hydrogen-bond acceptors (Lipinski definition) is 4. The van der Waals surface area contributed by atoms with E-state index in [4.69, 9.17) is 15.6 Å². The van der Waals surface area contributed by atoms with Crippen LogP contribution >= 0.6 is 0 Å². The van der Waals surface area contributed by atoms with Crippen molar-refractivity contribution in [1.82, 2.24) is 5.32 Å². The van der Waals surface area contributed by atoms with Crippen molar-refractivity contribution in [2.45, 2.75) is 32.0 Å². The second-order valence-corrected chi connectivity index (χ2v) is 5.17. The molecule has 110 valence electrons. The molecule has 1 amide bonds. The lowest BCUT2D eigenvalue weighted by atomic mass is 9.92. The Hall–Kier alpha value is -1.43. The van der Waals surface area contributed by atoms with Gasteiger partial charge in [0.2, 0.25) is 5.91 Å². The molecule has 1 aliphatic rings. The van der Waals surface area contributed by atoms with Gasteiger partial charge < -0.3 is 20.9 Å². The Morgan fingerprint density at radius 3 is 2.80 bits per heavy atom. The molecule has 0 spiro atoms. The number of amides is 1. The number of carbonyl (C=O) groups excluding carboxylic acids is 1. The molecule has 20 heavy (non-hydrogen) atoms. The standard InChI is InChI=1S/C15H22N2O3/c16-14(13-4-6-20-7-5-13)15(19)17-9-11-2-1-3-12(8-11)10-18/h1-3,8,13-14,18H,4-7,9-10,16H2,(H,17,19).